The van der Waals surface area contributed by atoms with Gasteiger partial charge in [0.2, 0.25) is 0 Å². The molecule has 4 aromatic rings. The van der Waals surface area contributed by atoms with Gasteiger partial charge in [-0.1, -0.05) is 70.5 Å². The smallest absolute Gasteiger partial charge is 0.200 e. The summed E-state index contributed by atoms with van der Waals surface area (Å²) in [5.74, 6) is 1.25. The lowest BCUT2D eigenvalue weighted by atomic mass is 9.89. The highest BCUT2D eigenvalue weighted by Crippen LogP contribution is 2.31. The standard InChI is InChI=1S/C27H28BrN3O2/c1-33-24-13-9-21(10-14-24)25(15-19-7-11-23(28)12-8-19)26-17-31(27(29)30-26)16-22(18-32)20-5-3-2-4-6-20/h2-14,17,22,25,32H,15-16,18H2,1H3,(H2,29,30). The molecule has 33 heavy (non-hydrogen) atoms. The number of rotatable bonds is 9. The number of hydrogen-bond donors (Lipinski definition) is 2. The van der Waals surface area contributed by atoms with Crippen molar-refractivity contribution in [1.29, 1.82) is 0 Å². The van der Waals surface area contributed by atoms with E-state index in [-0.39, 0.29) is 18.4 Å². The molecule has 0 aliphatic carbocycles. The van der Waals surface area contributed by atoms with Crippen molar-refractivity contribution in [3.8, 4) is 5.75 Å². The molecule has 1 aromatic heterocycles. The Bertz CT molecular complexity index is 1160. The Morgan fingerprint density at radius 1 is 0.970 bits per heavy atom. The van der Waals surface area contributed by atoms with Crippen molar-refractivity contribution in [2.75, 3.05) is 19.5 Å². The summed E-state index contributed by atoms with van der Waals surface area (Å²) < 4.78 is 8.34. The monoisotopic (exact) mass is 505 g/mol. The van der Waals surface area contributed by atoms with Crippen molar-refractivity contribution in [2.45, 2.75) is 24.8 Å². The minimum absolute atomic E-state index is 0.0323. The van der Waals surface area contributed by atoms with Gasteiger partial charge in [0.1, 0.15) is 5.75 Å². The van der Waals surface area contributed by atoms with E-state index < -0.39 is 0 Å². The van der Waals surface area contributed by atoms with E-state index in [2.05, 4.69) is 52.3 Å². The largest absolute Gasteiger partial charge is 0.497 e. The summed E-state index contributed by atoms with van der Waals surface area (Å²) in [4.78, 5) is 4.74. The van der Waals surface area contributed by atoms with Crippen molar-refractivity contribution >= 4 is 21.9 Å². The third kappa shape index (κ3) is 5.64. The van der Waals surface area contributed by atoms with Crippen molar-refractivity contribution in [2.24, 2.45) is 0 Å². The zero-order valence-corrected chi connectivity index (χ0v) is 20.2. The van der Waals surface area contributed by atoms with Crippen molar-refractivity contribution in [3.63, 3.8) is 0 Å². The van der Waals surface area contributed by atoms with Crippen LogP contribution in [0.15, 0.2) is 89.5 Å². The van der Waals surface area contributed by atoms with Gasteiger partial charge in [0, 0.05) is 29.1 Å². The van der Waals surface area contributed by atoms with Crippen LogP contribution < -0.4 is 10.5 Å². The number of halogens is 1. The fourth-order valence-electron chi connectivity index (χ4n) is 4.08. The SMILES string of the molecule is COc1ccc(C(Cc2ccc(Br)cc2)c2cn(CC(CO)c3ccccc3)c(N)n2)cc1. The topological polar surface area (TPSA) is 73.3 Å². The quantitative estimate of drug-likeness (QED) is 0.320. The maximum Gasteiger partial charge on any atom is 0.200 e. The van der Waals surface area contributed by atoms with Gasteiger partial charge in [0.05, 0.1) is 19.4 Å². The number of ether oxygens (including phenoxy) is 1. The molecule has 5 nitrogen and oxygen atoms in total. The first kappa shape index (κ1) is 23.1. The second-order valence-electron chi connectivity index (χ2n) is 8.12. The van der Waals surface area contributed by atoms with Crippen LogP contribution in [0.25, 0.3) is 0 Å². The molecule has 170 valence electrons. The van der Waals surface area contributed by atoms with E-state index in [0.717, 1.165) is 33.5 Å². The molecule has 0 amide bonds. The number of nitrogens with zero attached hydrogens (tertiary/aromatic N) is 2. The highest BCUT2D eigenvalue weighted by molar-refractivity contribution is 9.10. The fraction of sp³-hybridized carbons (Fsp3) is 0.222. The average Bonchev–Trinajstić information content (AvgIpc) is 3.22. The molecule has 0 aliphatic rings. The Balaban J connectivity index is 1.65. The van der Waals surface area contributed by atoms with E-state index in [4.69, 9.17) is 15.5 Å². The van der Waals surface area contributed by atoms with Gasteiger partial charge in [0.15, 0.2) is 5.95 Å². The van der Waals surface area contributed by atoms with Crippen LogP contribution in [-0.4, -0.2) is 28.4 Å². The predicted octanol–water partition coefficient (Wildman–Crippen LogP) is 5.39. The van der Waals surface area contributed by atoms with E-state index in [1.807, 2.05) is 53.2 Å². The van der Waals surface area contributed by atoms with E-state index in [9.17, 15) is 5.11 Å². The Kier molecular flexibility index (Phi) is 7.47. The Labute approximate surface area is 203 Å². The molecule has 0 radical (unpaired) electrons. The van der Waals surface area contributed by atoms with Crippen LogP contribution in [0.5, 0.6) is 5.75 Å². The summed E-state index contributed by atoms with van der Waals surface area (Å²) >= 11 is 3.51. The van der Waals surface area contributed by atoms with Crippen LogP contribution in [-0.2, 0) is 13.0 Å². The highest BCUT2D eigenvalue weighted by Gasteiger charge is 2.21. The van der Waals surface area contributed by atoms with Crippen molar-refractivity contribution in [1.82, 2.24) is 9.55 Å². The highest BCUT2D eigenvalue weighted by atomic mass is 79.9. The second-order valence-corrected chi connectivity index (χ2v) is 9.04. The zero-order valence-electron chi connectivity index (χ0n) is 18.6. The van der Waals surface area contributed by atoms with E-state index >= 15 is 0 Å². The molecule has 1 heterocycles. The number of nitrogens with two attached hydrogens (primary N) is 1. The molecule has 0 saturated heterocycles. The lowest BCUT2D eigenvalue weighted by Gasteiger charge is -2.17. The number of aliphatic hydroxyl groups is 1. The lowest BCUT2D eigenvalue weighted by molar-refractivity contribution is 0.253. The predicted molar refractivity (Wildman–Crippen MR) is 136 cm³/mol. The van der Waals surface area contributed by atoms with Gasteiger partial charge in [-0.05, 0) is 47.4 Å². The molecule has 2 atom stereocenters. The third-order valence-electron chi connectivity index (χ3n) is 5.96. The molecule has 0 aliphatic heterocycles. The van der Waals surface area contributed by atoms with Crippen molar-refractivity contribution in [3.05, 3.63) is 112 Å². The van der Waals surface area contributed by atoms with Gasteiger partial charge >= 0.3 is 0 Å². The number of aliphatic hydroxyl groups excluding tert-OH is 1. The van der Waals surface area contributed by atoms with Crippen LogP contribution in [0.4, 0.5) is 5.95 Å². The van der Waals surface area contributed by atoms with Gasteiger partial charge in [-0.2, -0.15) is 0 Å². The molecule has 0 fully saturated rings. The molecule has 3 aromatic carbocycles. The van der Waals surface area contributed by atoms with Gasteiger partial charge in [-0.15, -0.1) is 0 Å². The van der Waals surface area contributed by atoms with E-state index in [1.54, 1.807) is 7.11 Å². The molecular formula is C27H28BrN3O2. The molecule has 0 saturated carbocycles. The first-order chi connectivity index (χ1) is 16.1. The average molecular weight is 506 g/mol. The molecule has 6 heteroatoms. The Morgan fingerprint density at radius 2 is 1.67 bits per heavy atom. The Morgan fingerprint density at radius 3 is 2.30 bits per heavy atom. The maximum absolute atomic E-state index is 10.0. The zero-order chi connectivity index (χ0) is 23.2. The first-order valence-electron chi connectivity index (χ1n) is 10.9. The summed E-state index contributed by atoms with van der Waals surface area (Å²) in [6.45, 7) is 0.602. The van der Waals surface area contributed by atoms with Gasteiger partial charge < -0.3 is 20.1 Å². The molecule has 0 spiro atoms. The molecule has 3 N–H and O–H groups in total. The normalized spacial score (nSPS) is 12.9. The number of methoxy groups -OCH3 is 1. The second kappa shape index (κ2) is 10.7. The molecule has 0 bridgehead atoms. The number of benzene rings is 3. The van der Waals surface area contributed by atoms with Crippen LogP contribution in [0.2, 0.25) is 0 Å². The number of anilines is 1. The summed E-state index contributed by atoms with van der Waals surface area (Å²) in [6, 6.07) is 26.5. The minimum atomic E-state index is -0.0542. The number of imidazole rings is 1. The number of hydrogen-bond acceptors (Lipinski definition) is 4. The summed E-state index contributed by atoms with van der Waals surface area (Å²) in [7, 11) is 1.67. The summed E-state index contributed by atoms with van der Waals surface area (Å²) in [5.41, 5.74) is 10.7. The first-order valence-corrected chi connectivity index (χ1v) is 11.7. The minimum Gasteiger partial charge on any atom is -0.497 e. The van der Waals surface area contributed by atoms with Gasteiger partial charge in [0.25, 0.3) is 0 Å². The molecule has 4 rings (SSSR count). The van der Waals surface area contributed by atoms with Crippen LogP contribution >= 0.6 is 15.9 Å². The van der Waals surface area contributed by atoms with Gasteiger partial charge in [-0.25, -0.2) is 4.98 Å². The molecule has 2 unspecified atom stereocenters. The van der Waals surface area contributed by atoms with Crippen LogP contribution in [0.1, 0.15) is 34.2 Å². The number of nitrogen functional groups attached to an aromatic ring is 1. The van der Waals surface area contributed by atoms with Gasteiger partial charge in [-0.3, -0.25) is 0 Å². The Hall–Kier alpha value is -3.09. The molecular weight excluding hydrogens is 478 g/mol. The van der Waals surface area contributed by atoms with Crippen molar-refractivity contribution < 1.29 is 9.84 Å². The third-order valence-corrected chi connectivity index (χ3v) is 6.49. The fourth-order valence-corrected chi connectivity index (χ4v) is 4.35. The van der Waals surface area contributed by atoms with E-state index in [1.165, 1.54) is 5.56 Å². The summed E-state index contributed by atoms with van der Waals surface area (Å²) in [6.07, 6.45) is 2.81. The number of aromatic nitrogens is 2. The van der Waals surface area contributed by atoms with E-state index in [0.29, 0.717) is 12.5 Å². The summed E-state index contributed by atoms with van der Waals surface area (Å²) in [5, 5.41) is 10.0. The maximum atomic E-state index is 10.0. The van der Waals surface area contributed by atoms with Crippen LogP contribution in [0, 0.1) is 0 Å². The lowest BCUT2D eigenvalue weighted by Crippen LogP contribution is -2.14. The van der Waals surface area contributed by atoms with Crippen LogP contribution in [0.3, 0.4) is 0 Å².